The zero-order valence-electron chi connectivity index (χ0n) is 7.08. The molecule has 1 amide bonds. The fourth-order valence-electron chi connectivity index (χ4n) is 1.04. The van der Waals surface area contributed by atoms with Crippen LogP contribution in [0.2, 0.25) is 0 Å². The molecule has 0 saturated carbocycles. The number of ether oxygens (including phenoxy) is 1. The smallest absolute Gasteiger partial charge is 0.235 e. The van der Waals surface area contributed by atoms with Crippen LogP contribution in [0.15, 0.2) is 0 Å². The van der Waals surface area contributed by atoms with Crippen molar-refractivity contribution in [1.29, 1.82) is 0 Å². The molecule has 0 unspecified atom stereocenters. The van der Waals surface area contributed by atoms with Crippen molar-refractivity contribution in [1.82, 2.24) is 10.4 Å². The van der Waals surface area contributed by atoms with Crippen LogP contribution in [-0.4, -0.2) is 43.8 Å². The van der Waals surface area contributed by atoms with E-state index in [0.29, 0.717) is 26.2 Å². The average Bonchev–Trinajstić information content (AvgIpc) is 2.06. The fraction of sp³-hybridized carbons (Fsp3) is 0.857. The molecule has 0 spiro atoms. The number of nitrogens with zero attached hydrogens (tertiary/aromatic N) is 1. The van der Waals surface area contributed by atoms with Crippen LogP contribution < -0.4 is 11.2 Å². The molecule has 5 nitrogen and oxygen atoms in total. The van der Waals surface area contributed by atoms with Crippen molar-refractivity contribution in [2.75, 3.05) is 32.8 Å². The van der Waals surface area contributed by atoms with Crippen molar-refractivity contribution < 1.29 is 9.53 Å². The summed E-state index contributed by atoms with van der Waals surface area (Å²) < 4.78 is 5.12. The molecule has 0 aromatic rings. The number of carbonyl (C=O) groups is 1. The van der Waals surface area contributed by atoms with E-state index in [-0.39, 0.29) is 5.91 Å². The Morgan fingerprint density at radius 1 is 1.50 bits per heavy atom. The Labute approximate surface area is 71.8 Å². The van der Waals surface area contributed by atoms with Gasteiger partial charge >= 0.3 is 0 Å². The summed E-state index contributed by atoms with van der Waals surface area (Å²) in [5.74, 6) is -0.0144. The number of rotatable bonds is 3. The maximum atomic E-state index is 11.0. The van der Waals surface area contributed by atoms with E-state index in [1.807, 2.05) is 5.01 Å². The van der Waals surface area contributed by atoms with Crippen molar-refractivity contribution in [3.8, 4) is 0 Å². The molecule has 0 atom stereocenters. The number of amides is 1. The standard InChI is InChI=1S/C7H15N3O2/c8-2-1-7(11)9-10-3-5-12-6-4-10/h1-6,8H2,(H,9,11). The normalized spacial score (nSPS) is 19.1. The molecule has 0 aromatic carbocycles. The molecular formula is C7H15N3O2. The van der Waals surface area contributed by atoms with Crippen LogP contribution in [0.3, 0.4) is 0 Å². The lowest BCUT2D eigenvalue weighted by molar-refractivity contribution is -0.127. The summed E-state index contributed by atoms with van der Waals surface area (Å²) in [7, 11) is 0. The zero-order chi connectivity index (χ0) is 8.81. The molecule has 70 valence electrons. The van der Waals surface area contributed by atoms with Crippen molar-refractivity contribution in [2.24, 2.45) is 5.73 Å². The second-order valence-corrected chi connectivity index (χ2v) is 2.67. The summed E-state index contributed by atoms with van der Waals surface area (Å²) in [5.41, 5.74) is 7.98. The molecule has 1 aliphatic rings. The Morgan fingerprint density at radius 3 is 2.75 bits per heavy atom. The van der Waals surface area contributed by atoms with Crippen LogP contribution >= 0.6 is 0 Å². The first-order valence-electron chi connectivity index (χ1n) is 4.15. The number of nitrogens with one attached hydrogen (secondary N) is 1. The van der Waals surface area contributed by atoms with Gasteiger partial charge in [0, 0.05) is 26.1 Å². The molecular weight excluding hydrogens is 158 g/mol. The highest BCUT2D eigenvalue weighted by Crippen LogP contribution is 1.92. The number of nitrogens with two attached hydrogens (primary N) is 1. The SMILES string of the molecule is NCCC(=O)NN1CCOCC1. The lowest BCUT2D eigenvalue weighted by Gasteiger charge is -2.26. The second-order valence-electron chi connectivity index (χ2n) is 2.67. The first-order valence-corrected chi connectivity index (χ1v) is 4.15. The van der Waals surface area contributed by atoms with Gasteiger partial charge in [-0.1, -0.05) is 0 Å². The summed E-state index contributed by atoms with van der Waals surface area (Å²) in [5, 5.41) is 1.86. The van der Waals surface area contributed by atoms with Gasteiger partial charge in [0.2, 0.25) is 5.91 Å². The average molecular weight is 173 g/mol. The number of hydrogen-bond acceptors (Lipinski definition) is 4. The van der Waals surface area contributed by atoms with E-state index in [4.69, 9.17) is 10.5 Å². The number of carbonyl (C=O) groups excluding carboxylic acids is 1. The van der Waals surface area contributed by atoms with E-state index in [2.05, 4.69) is 5.43 Å². The molecule has 0 radical (unpaired) electrons. The van der Waals surface area contributed by atoms with Gasteiger partial charge in [0.25, 0.3) is 0 Å². The predicted molar refractivity (Wildman–Crippen MR) is 44.2 cm³/mol. The van der Waals surface area contributed by atoms with Crippen LogP contribution in [0.25, 0.3) is 0 Å². The van der Waals surface area contributed by atoms with E-state index in [0.717, 1.165) is 13.1 Å². The minimum Gasteiger partial charge on any atom is -0.379 e. The lowest BCUT2D eigenvalue weighted by atomic mass is 10.4. The number of morpholine rings is 1. The van der Waals surface area contributed by atoms with Crippen LogP contribution in [0.1, 0.15) is 6.42 Å². The van der Waals surface area contributed by atoms with Crippen molar-refractivity contribution in [3.63, 3.8) is 0 Å². The highest BCUT2D eigenvalue weighted by atomic mass is 16.5. The molecule has 3 N–H and O–H groups in total. The van der Waals surface area contributed by atoms with Gasteiger partial charge in [0.05, 0.1) is 13.2 Å². The Balaban J connectivity index is 2.15. The summed E-state index contributed by atoms with van der Waals surface area (Å²) in [6, 6.07) is 0. The maximum Gasteiger partial charge on any atom is 0.235 e. The van der Waals surface area contributed by atoms with Gasteiger partial charge in [-0.2, -0.15) is 0 Å². The third-order valence-corrected chi connectivity index (χ3v) is 1.67. The quantitative estimate of drug-likeness (QED) is 0.556. The van der Waals surface area contributed by atoms with Crippen molar-refractivity contribution in [3.05, 3.63) is 0 Å². The number of hydrazine groups is 1. The third-order valence-electron chi connectivity index (χ3n) is 1.67. The van der Waals surface area contributed by atoms with Gasteiger partial charge in [0.15, 0.2) is 0 Å². The maximum absolute atomic E-state index is 11.0. The van der Waals surface area contributed by atoms with Gasteiger partial charge in [-0.05, 0) is 0 Å². The largest absolute Gasteiger partial charge is 0.379 e. The van der Waals surface area contributed by atoms with Crippen LogP contribution in [0.5, 0.6) is 0 Å². The Morgan fingerprint density at radius 2 is 2.17 bits per heavy atom. The summed E-state index contributed by atoms with van der Waals surface area (Å²) >= 11 is 0. The van der Waals surface area contributed by atoms with Gasteiger partial charge < -0.3 is 10.5 Å². The van der Waals surface area contributed by atoms with Gasteiger partial charge in [0.1, 0.15) is 0 Å². The summed E-state index contributed by atoms with van der Waals surface area (Å²) in [4.78, 5) is 11.0. The van der Waals surface area contributed by atoms with Gasteiger partial charge in [-0.25, -0.2) is 5.01 Å². The minimum atomic E-state index is -0.0144. The van der Waals surface area contributed by atoms with Gasteiger partial charge in [-0.3, -0.25) is 10.2 Å². The zero-order valence-corrected chi connectivity index (χ0v) is 7.08. The Kier molecular flexibility index (Phi) is 3.99. The predicted octanol–water partition coefficient (Wildman–Crippen LogP) is -1.30. The second kappa shape index (κ2) is 5.08. The molecule has 5 heteroatoms. The monoisotopic (exact) mass is 173 g/mol. The first kappa shape index (κ1) is 9.44. The van der Waals surface area contributed by atoms with Crippen LogP contribution in [0, 0.1) is 0 Å². The highest BCUT2D eigenvalue weighted by Gasteiger charge is 2.11. The van der Waals surface area contributed by atoms with E-state index in [1.165, 1.54) is 0 Å². The Hall–Kier alpha value is -0.650. The minimum absolute atomic E-state index is 0.0144. The molecule has 1 rings (SSSR count). The Bertz CT molecular complexity index is 146. The van der Waals surface area contributed by atoms with Crippen LogP contribution in [-0.2, 0) is 9.53 Å². The molecule has 12 heavy (non-hydrogen) atoms. The van der Waals surface area contributed by atoms with E-state index < -0.39 is 0 Å². The highest BCUT2D eigenvalue weighted by molar-refractivity contribution is 5.75. The van der Waals surface area contributed by atoms with Crippen molar-refractivity contribution >= 4 is 5.91 Å². The van der Waals surface area contributed by atoms with Gasteiger partial charge in [-0.15, -0.1) is 0 Å². The molecule has 0 bridgehead atoms. The van der Waals surface area contributed by atoms with E-state index in [1.54, 1.807) is 0 Å². The molecule has 0 aromatic heterocycles. The lowest BCUT2D eigenvalue weighted by Crippen LogP contribution is -2.48. The summed E-state index contributed by atoms with van der Waals surface area (Å²) in [6.07, 6.45) is 0.386. The van der Waals surface area contributed by atoms with Crippen LogP contribution in [0.4, 0.5) is 0 Å². The molecule has 0 aliphatic carbocycles. The fourth-order valence-corrected chi connectivity index (χ4v) is 1.04. The molecule has 1 heterocycles. The van der Waals surface area contributed by atoms with E-state index in [9.17, 15) is 4.79 Å². The molecule has 1 aliphatic heterocycles. The molecule has 1 saturated heterocycles. The van der Waals surface area contributed by atoms with E-state index >= 15 is 0 Å². The van der Waals surface area contributed by atoms with Crippen molar-refractivity contribution in [2.45, 2.75) is 6.42 Å². The third kappa shape index (κ3) is 3.17. The topological polar surface area (TPSA) is 67.6 Å². The first-order chi connectivity index (χ1) is 5.83. The molecule has 1 fully saturated rings. The number of hydrogen-bond donors (Lipinski definition) is 2. The summed E-state index contributed by atoms with van der Waals surface area (Å²) in [6.45, 7) is 3.29.